The molecule has 2 aromatic heterocycles. The van der Waals surface area contributed by atoms with E-state index in [1.807, 2.05) is 0 Å². The summed E-state index contributed by atoms with van der Waals surface area (Å²) < 4.78 is 38.0. The molecule has 0 saturated heterocycles. The number of fused-ring (bicyclic) bond motifs is 3. The minimum atomic E-state index is -3.83. The molecular formula is C23H20N4O5S. The molecule has 10 heteroatoms. The molecule has 0 bridgehead atoms. The Balaban J connectivity index is 1.56. The summed E-state index contributed by atoms with van der Waals surface area (Å²) in [4.78, 5) is 19.1. The second-order valence-corrected chi connectivity index (χ2v) is 9.23. The molecule has 33 heavy (non-hydrogen) atoms. The van der Waals surface area contributed by atoms with Gasteiger partial charge in [-0.1, -0.05) is 18.2 Å². The monoisotopic (exact) mass is 464 g/mol. The van der Waals surface area contributed by atoms with Crippen molar-refractivity contribution in [3.05, 3.63) is 72.6 Å². The highest BCUT2D eigenvalue weighted by molar-refractivity contribution is 7.90. The predicted octanol–water partition coefficient (Wildman–Crippen LogP) is 3.84. The van der Waals surface area contributed by atoms with Crippen LogP contribution in [0.3, 0.4) is 0 Å². The number of carbonyl (C=O) groups is 1. The van der Waals surface area contributed by atoms with E-state index < -0.39 is 10.0 Å². The summed E-state index contributed by atoms with van der Waals surface area (Å²) in [5.74, 6) is 1.11. The standard InChI is InChI=1S/C23H20N4O5S/c1-31-17-10-16(11-18(12-17)32-2)26-14-15-13-24-22-20(21(15)25-23(26)28)8-9-27(22)33(29,30)19-6-4-3-5-7-19/h3-13H,14H2,1-2H3,(H,25,28). The Bertz CT molecular complexity index is 1460. The number of methoxy groups -OCH3 is 2. The Labute approximate surface area is 190 Å². The van der Waals surface area contributed by atoms with Gasteiger partial charge in [-0.05, 0) is 18.2 Å². The number of ether oxygens (including phenoxy) is 2. The van der Waals surface area contributed by atoms with Crippen molar-refractivity contribution < 1.29 is 22.7 Å². The maximum atomic E-state index is 13.1. The quantitative estimate of drug-likeness (QED) is 0.481. The average Bonchev–Trinajstić information content (AvgIpc) is 3.29. The molecule has 0 atom stereocenters. The van der Waals surface area contributed by atoms with Crippen LogP contribution in [0.4, 0.5) is 16.2 Å². The van der Waals surface area contributed by atoms with Crippen LogP contribution in [0.15, 0.2) is 71.9 Å². The molecule has 1 aliphatic rings. The fraction of sp³-hybridized carbons (Fsp3) is 0.130. The third kappa shape index (κ3) is 3.44. The summed E-state index contributed by atoms with van der Waals surface area (Å²) in [5, 5.41) is 3.43. The van der Waals surface area contributed by atoms with Gasteiger partial charge in [0.2, 0.25) is 0 Å². The second kappa shape index (κ2) is 7.82. The molecule has 0 aliphatic carbocycles. The summed E-state index contributed by atoms with van der Waals surface area (Å²) in [5.41, 5.74) is 2.13. The molecular weight excluding hydrogens is 444 g/mol. The molecule has 0 radical (unpaired) electrons. The van der Waals surface area contributed by atoms with E-state index in [9.17, 15) is 13.2 Å². The first-order valence-electron chi connectivity index (χ1n) is 10.0. The smallest absolute Gasteiger partial charge is 0.326 e. The molecule has 0 spiro atoms. The lowest BCUT2D eigenvalue weighted by atomic mass is 10.1. The number of aromatic nitrogens is 2. The van der Waals surface area contributed by atoms with E-state index in [4.69, 9.17) is 9.47 Å². The van der Waals surface area contributed by atoms with Gasteiger partial charge in [-0.15, -0.1) is 0 Å². The minimum Gasteiger partial charge on any atom is -0.497 e. The fourth-order valence-corrected chi connectivity index (χ4v) is 5.17. The van der Waals surface area contributed by atoms with E-state index in [0.717, 1.165) is 9.54 Å². The van der Waals surface area contributed by atoms with Crippen LogP contribution in [0, 0.1) is 0 Å². The zero-order chi connectivity index (χ0) is 23.2. The SMILES string of the molecule is COc1cc(OC)cc(N2Cc3cnc4c(ccn4S(=O)(=O)c4ccccc4)c3NC2=O)c1. The van der Waals surface area contributed by atoms with E-state index in [0.29, 0.717) is 28.3 Å². The molecule has 2 aromatic carbocycles. The Kier molecular flexibility index (Phi) is 4.94. The molecule has 3 heterocycles. The van der Waals surface area contributed by atoms with Gasteiger partial charge in [0, 0.05) is 41.5 Å². The van der Waals surface area contributed by atoms with Crippen molar-refractivity contribution in [2.45, 2.75) is 11.4 Å². The van der Waals surface area contributed by atoms with Crippen LogP contribution in [0.5, 0.6) is 11.5 Å². The van der Waals surface area contributed by atoms with Crippen molar-refractivity contribution in [2.24, 2.45) is 0 Å². The van der Waals surface area contributed by atoms with E-state index in [1.165, 1.54) is 18.3 Å². The number of benzene rings is 2. The molecule has 1 aliphatic heterocycles. The first-order valence-corrected chi connectivity index (χ1v) is 11.5. The summed E-state index contributed by atoms with van der Waals surface area (Å²) >= 11 is 0. The van der Waals surface area contributed by atoms with Crippen LogP contribution in [0.25, 0.3) is 11.0 Å². The highest BCUT2D eigenvalue weighted by Crippen LogP contribution is 2.36. The van der Waals surface area contributed by atoms with Crippen molar-refractivity contribution in [3.63, 3.8) is 0 Å². The maximum absolute atomic E-state index is 13.1. The number of anilines is 2. The number of hydrogen-bond donors (Lipinski definition) is 1. The van der Waals surface area contributed by atoms with E-state index in [-0.39, 0.29) is 23.1 Å². The van der Waals surface area contributed by atoms with Crippen LogP contribution in [0.2, 0.25) is 0 Å². The van der Waals surface area contributed by atoms with Gasteiger partial charge in [0.15, 0.2) is 5.65 Å². The van der Waals surface area contributed by atoms with Gasteiger partial charge >= 0.3 is 6.03 Å². The predicted molar refractivity (Wildman–Crippen MR) is 124 cm³/mol. The zero-order valence-corrected chi connectivity index (χ0v) is 18.7. The third-order valence-corrected chi connectivity index (χ3v) is 7.19. The Morgan fingerprint density at radius 2 is 1.70 bits per heavy atom. The van der Waals surface area contributed by atoms with Crippen molar-refractivity contribution in [1.82, 2.24) is 8.96 Å². The number of amides is 2. The van der Waals surface area contributed by atoms with Gasteiger partial charge in [-0.25, -0.2) is 22.2 Å². The van der Waals surface area contributed by atoms with Gasteiger partial charge in [-0.3, -0.25) is 4.90 Å². The molecule has 2 amide bonds. The van der Waals surface area contributed by atoms with E-state index in [1.54, 1.807) is 67.8 Å². The fourth-order valence-electron chi connectivity index (χ4n) is 3.85. The maximum Gasteiger partial charge on any atom is 0.326 e. The topological polar surface area (TPSA) is 103 Å². The summed E-state index contributed by atoms with van der Waals surface area (Å²) in [7, 11) is -0.747. The Morgan fingerprint density at radius 3 is 2.36 bits per heavy atom. The highest BCUT2D eigenvalue weighted by atomic mass is 32.2. The van der Waals surface area contributed by atoms with Crippen molar-refractivity contribution in [1.29, 1.82) is 0 Å². The first-order chi connectivity index (χ1) is 15.9. The zero-order valence-electron chi connectivity index (χ0n) is 17.8. The molecule has 5 rings (SSSR count). The number of urea groups is 1. The lowest BCUT2D eigenvalue weighted by Crippen LogP contribution is -2.38. The number of rotatable bonds is 5. The van der Waals surface area contributed by atoms with Gasteiger partial charge in [0.1, 0.15) is 11.5 Å². The van der Waals surface area contributed by atoms with E-state index in [2.05, 4.69) is 10.3 Å². The molecule has 0 saturated carbocycles. The van der Waals surface area contributed by atoms with Crippen molar-refractivity contribution >= 4 is 38.5 Å². The second-order valence-electron chi connectivity index (χ2n) is 7.41. The van der Waals surface area contributed by atoms with Crippen LogP contribution < -0.4 is 19.7 Å². The highest BCUT2D eigenvalue weighted by Gasteiger charge is 2.29. The largest absolute Gasteiger partial charge is 0.497 e. The van der Waals surface area contributed by atoms with Gasteiger partial charge < -0.3 is 14.8 Å². The summed E-state index contributed by atoms with van der Waals surface area (Å²) in [6, 6.07) is 14.6. The van der Waals surface area contributed by atoms with Crippen LogP contribution in [-0.2, 0) is 16.6 Å². The lowest BCUT2D eigenvalue weighted by molar-refractivity contribution is 0.256. The van der Waals surface area contributed by atoms with Gasteiger partial charge in [0.25, 0.3) is 10.0 Å². The summed E-state index contributed by atoms with van der Waals surface area (Å²) in [6.07, 6.45) is 3.03. The third-order valence-electron chi connectivity index (χ3n) is 5.51. The van der Waals surface area contributed by atoms with Gasteiger partial charge in [-0.2, -0.15) is 0 Å². The number of nitrogens with zero attached hydrogens (tertiary/aromatic N) is 3. The first kappa shape index (κ1) is 20.8. The number of pyridine rings is 1. The van der Waals surface area contributed by atoms with Gasteiger partial charge in [0.05, 0.1) is 37.0 Å². The molecule has 4 aromatic rings. The Hall–Kier alpha value is -4.05. The summed E-state index contributed by atoms with van der Waals surface area (Å²) in [6.45, 7) is 0.247. The molecule has 1 N–H and O–H groups in total. The molecule has 168 valence electrons. The Morgan fingerprint density at radius 1 is 1.00 bits per heavy atom. The average molecular weight is 465 g/mol. The van der Waals surface area contributed by atoms with Crippen LogP contribution in [0.1, 0.15) is 5.56 Å². The number of hydrogen-bond acceptors (Lipinski definition) is 6. The lowest BCUT2D eigenvalue weighted by Gasteiger charge is -2.30. The van der Waals surface area contributed by atoms with Crippen LogP contribution in [-0.4, -0.2) is 37.6 Å². The normalized spacial score (nSPS) is 13.5. The number of nitrogens with one attached hydrogen (secondary N) is 1. The van der Waals surface area contributed by atoms with Crippen molar-refractivity contribution in [3.8, 4) is 11.5 Å². The molecule has 9 nitrogen and oxygen atoms in total. The minimum absolute atomic E-state index is 0.157. The van der Waals surface area contributed by atoms with Crippen LogP contribution >= 0.6 is 0 Å². The number of carbonyl (C=O) groups excluding carboxylic acids is 1. The molecule has 0 fully saturated rings. The van der Waals surface area contributed by atoms with E-state index >= 15 is 0 Å². The molecule has 0 unspecified atom stereocenters. The van der Waals surface area contributed by atoms with Crippen molar-refractivity contribution in [2.75, 3.05) is 24.4 Å².